The van der Waals surface area contributed by atoms with E-state index >= 15 is 0 Å². The zero-order valence-corrected chi connectivity index (χ0v) is 13.8. The molecule has 2 aromatic heterocycles. The number of rotatable bonds is 6. The summed E-state index contributed by atoms with van der Waals surface area (Å²) in [5.41, 5.74) is 8.95. The molecular formula is C17H19N7O. The van der Waals surface area contributed by atoms with E-state index < -0.39 is 0 Å². The monoisotopic (exact) mass is 337 g/mol. The van der Waals surface area contributed by atoms with Gasteiger partial charge in [-0.1, -0.05) is 0 Å². The Bertz CT molecular complexity index is 904. The minimum atomic E-state index is 0.0619. The van der Waals surface area contributed by atoms with Crippen LogP contribution in [0.2, 0.25) is 0 Å². The van der Waals surface area contributed by atoms with E-state index in [0.29, 0.717) is 23.5 Å². The zero-order valence-electron chi connectivity index (χ0n) is 13.8. The van der Waals surface area contributed by atoms with Crippen LogP contribution < -0.4 is 11.1 Å². The second-order valence-electron chi connectivity index (χ2n) is 5.43. The fourth-order valence-electron chi connectivity index (χ4n) is 2.39. The lowest BCUT2D eigenvalue weighted by atomic mass is 10.1. The van der Waals surface area contributed by atoms with E-state index in [-0.39, 0.29) is 18.1 Å². The second-order valence-corrected chi connectivity index (χ2v) is 5.43. The van der Waals surface area contributed by atoms with Crippen LogP contribution in [-0.4, -0.2) is 44.2 Å². The topological polar surface area (TPSA) is 126 Å². The number of aliphatic hydroxyl groups excluding tert-OH is 1. The third-order valence-corrected chi connectivity index (χ3v) is 3.75. The van der Waals surface area contributed by atoms with Crippen LogP contribution >= 0.6 is 0 Å². The molecule has 128 valence electrons. The fraction of sp³-hybridized carbons (Fsp3) is 0.176. The maximum atomic E-state index is 9.00. The van der Waals surface area contributed by atoms with Crippen molar-refractivity contribution in [2.75, 3.05) is 24.7 Å². The van der Waals surface area contributed by atoms with Crippen LogP contribution in [0.5, 0.6) is 0 Å². The van der Waals surface area contributed by atoms with Gasteiger partial charge in [0.2, 0.25) is 0 Å². The molecule has 2 heterocycles. The molecule has 0 unspecified atom stereocenters. The summed E-state index contributed by atoms with van der Waals surface area (Å²) in [4.78, 5) is 8.60. The van der Waals surface area contributed by atoms with Crippen molar-refractivity contribution in [2.45, 2.75) is 6.42 Å². The minimum Gasteiger partial charge on any atom is -0.398 e. The number of hydrogen-bond donors (Lipinski definition) is 4. The molecule has 0 spiro atoms. The van der Waals surface area contributed by atoms with Gasteiger partial charge in [0.25, 0.3) is 0 Å². The molecule has 0 aliphatic rings. The standard InChI is InChI=1S/C17H19N7O/c1-20-12-2-3-14(18)13(8-12)16(19)17-21-6-4-15(23-17)24-10-11(5-7-25)9-22-24/h2-4,6,8-10,19-20,25H,5,7,18H2,1H3. The number of nitrogens with one attached hydrogen (secondary N) is 2. The average molecular weight is 337 g/mol. The third kappa shape index (κ3) is 3.48. The molecule has 0 aliphatic heterocycles. The van der Waals surface area contributed by atoms with Gasteiger partial charge in [0.1, 0.15) is 5.71 Å². The first-order valence-corrected chi connectivity index (χ1v) is 7.76. The Hall–Kier alpha value is -3.26. The predicted molar refractivity (Wildman–Crippen MR) is 96.3 cm³/mol. The Labute approximate surface area is 144 Å². The van der Waals surface area contributed by atoms with Crippen molar-refractivity contribution in [1.82, 2.24) is 19.7 Å². The maximum Gasteiger partial charge on any atom is 0.180 e. The van der Waals surface area contributed by atoms with E-state index in [1.165, 1.54) is 0 Å². The quantitative estimate of drug-likeness (QED) is 0.396. The van der Waals surface area contributed by atoms with Crippen LogP contribution in [0.25, 0.3) is 5.82 Å². The van der Waals surface area contributed by atoms with Gasteiger partial charge in [-0.05, 0) is 30.2 Å². The second kappa shape index (κ2) is 7.10. The van der Waals surface area contributed by atoms with Crippen molar-refractivity contribution >= 4 is 17.1 Å². The van der Waals surface area contributed by atoms with Crippen molar-refractivity contribution in [2.24, 2.45) is 0 Å². The minimum absolute atomic E-state index is 0.0619. The highest BCUT2D eigenvalue weighted by Gasteiger charge is 2.13. The molecule has 3 aromatic rings. The number of aliphatic hydroxyl groups is 1. The summed E-state index contributed by atoms with van der Waals surface area (Å²) < 4.78 is 1.59. The summed E-state index contributed by atoms with van der Waals surface area (Å²) in [6.07, 6.45) is 5.58. The summed E-state index contributed by atoms with van der Waals surface area (Å²) in [7, 11) is 1.80. The molecule has 8 heteroatoms. The van der Waals surface area contributed by atoms with Crippen LogP contribution in [0.4, 0.5) is 11.4 Å². The summed E-state index contributed by atoms with van der Waals surface area (Å²) in [5, 5.41) is 24.7. The smallest absolute Gasteiger partial charge is 0.180 e. The highest BCUT2D eigenvalue weighted by molar-refractivity contribution is 6.12. The molecule has 0 amide bonds. The Morgan fingerprint density at radius 3 is 2.96 bits per heavy atom. The predicted octanol–water partition coefficient (Wildman–Crippen LogP) is 1.24. The van der Waals surface area contributed by atoms with E-state index in [0.717, 1.165) is 11.3 Å². The molecule has 0 bridgehead atoms. The lowest BCUT2D eigenvalue weighted by Crippen LogP contribution is -2.12. The van der Waals surface area contributed by atoms with Crippen LogP contribution in [0.3, 0.4) is 0 Å². The molecule has 0 atom stereocenters. The van der Waals surface area contributed by atoms with E-state index in [9.17, 15) is 0 Å². The van der Waals surface area contributed by atoms with Crippen molar-refractivity contribution in [1.29, 1.82) is 5.41 Å². The molecular weight excluding hydrogens is 318 g/mol. The van der Waals surface area contributed by atoms with Gasteiger partial charge < -0.3 is 16.2 Å². The number of benzene rings is 1. The molecule has 0 fully saturated rings. The van der Waals surface area contributed by atoms with E-state index in [1.54, 1.807) is 48.5 Å². The fourth-order valence-corrected chi connectivity index (χ4v) is 2.39. The van der Waals surface area contributed by atoms with Gasteiger partial charge in [-0.2, -0.15) is 5.10 Å². The summed E-state index contributed by atoms with van der Waals surface area (Å²) in [6, 6.07) is 7.09. The molecule has 5 N–H and O–H groups in total. The number of nitrogens with zero attached hydrogens (tertiary/aromatic N) is 4. The number of anilines is 2. The van der Waals surface area contributed by atoms with Crippen molar-refractivity contribution < 1.29 is 5.11 Å². The SMILES string of the molecule is CNc1ccc(N)c(C(=N)c2nccc(-n3cc(CCO)cn3)n2)c1. The zero-order chi connectivity index (χ0) is 17.8. The number of nitrogens with two attached hydrogens (primary N) is 1. The van der Waals surface area contributed by atoms with Crippen molar-refractivity contribution in [3.8, 4) is 5.82 Å². The lowest BCUT2D eigenvalue weighted by Gasteiger charge is -2.10. The normalized spacial score (nSPS) is 10.6. The average Bonchev–Trinajstić information content (AvgIpc) is 3.11. The largest absolute Gasteiger partial charge is 0.398 e. The number of aromatic nitrogens is 4. The molecule has 0 saturated heterocycles. The molecule has 0 saturated carbocycles. The van der Waals surface area contributed by atoms with Gasteiger partial charge in [0.05, 0.1) is 6.20 Å². The van der Waals surface area contributed by atoms with E-state index in [2.05, 4.69) is 20.4 Å². The molecule has 1 aromatic carbocycles. The Morgan fingerprint density at radius 2 is 2.20 bits per heavy atom. The first-order chi connectivity index (χ1) is 12.1. The number of hydrogen-bond acceptors (Lipinski definition) is 7. The van der Waals surface area contributed by atoms with Crippen LogP contribution in [0.1, 0.15) is 17.0 Å². The Morgan fingerprint density at radius 1 is 1.36 bits per heavy atom. The summed E-state index contributed by atoms with van der Waals surface area (Å²) >= 11 is 0. The first-order valence-electron chi connectivity index (χ1n) is 7.76. The van der Waals surface area contributed by atoms with Crippen LogP contribution in [-0.2, 0) is 6.42 Å². The lowest BCUT2D eigenvalue weighted by molar-refractivity contribution is 0.299. The van der Waals surface area contributed by atoms with Crippen LogP contribution in [0.15, 0.2) is 42.9 Å². The van der Waals surface area contributed by atoms with E-state index in [4.69, 9.17) is 16.2 Å². The highest BCUT2D eigenvalue weighted by Crippen LogP contribution is 2.20. The summed E-state index contributed by atoms with van der Waals surface area (Å²) in [5.74, 6) is 0.805. The van der Waals surface area contributed by atoms with Gasteiger partial charge in [0, 0.05) is 49.1 Å². The van der Waals surface area contributed by atoms with Crippen molar-refractivity contribution in [3.05, 3.63) is 59.8 Å². The molecule has 0 aliphatic carbocycles. The van der Waals surface area contributed by atoms with Crippen LogP contribution in [0, 0.1) is 5.41 Å². The van der Waals surface area contributed by atoms with Gasteiger partial charge in [-0.3, -0.25) is 5.41 Å². The molecule has 0 radical (unpaired) electrons. The highest BCUT2D eigenvalue weighted by atomic mass is 16.2. The first kappa shape index (κ1) is 16.6. The van der Waals surface area contributed by atoms with Gasteiger partial charge in [-0.15, -0.1) is 0 Å². The maximum absolute atomic E-state index is 9.00. The van der Waals surface area contributed by atoms with Crippen molar-refractivity contribution in [3.63, 3.8) is 0 Å². The third-order valence-electron chi connectivity index (χ3n) is 3.75. The van der Waals surface area contributed by atoms with E-state index in [1.807, 2.05) is 6.07 Å². The van der Waals surface area contributed by atoms with Gasteiger partial charge in [0.15, 0.2) is 11.6 Å². The molecule has 3 rings (SSSR count). The Balaban J connectivity index is 1.94. The molecule has 8 nitrogen and oxygen atoms in total. The van der Waals surface area contributed by atoms with Gasteiger partial charge >= 0.3 is 0 Å². The molecule has 25 heavy (non-hydrogen) atoms. The van der Waals surface area contributed by atoms with Gasteiger partial charge in [-0.25, -0.2) is 14.6 Å². The summed E-state index contributed by atoms with van der Waals surface area (Å²) in [6.45, 7) is 0.0619. The Kier molecular flexibility index (Phi) is 4.71. The number of nitrogen functional groups attached to an aromatic ring is 1.